The molecule has 128 valence electrons. The molecule has 0 saturated carbocycles. The zero-order chi connectivity index (χ0) is 17.5. The van der Waals surface area contributed by atoms with Gasteiger partial charge in [0.15, 0.2) is 11.5 Å². The molecule has 0 atom stereocenters. The van der Waals surface area contributed by atoms with E-state index in [1.54, 1.807) is 24.3 Å². The van der Waals surface area contributed by atoms with E-state index < -0.39 is 6.03 Å². The van der Waals surface area contributed by atoms with Crippen LogP contribution < -0.4 is 24.8 Å². The number of benzene rings is 2. The van der Waals surface area contributed by atoms with Crippen molar-refractivity contribution in [2.24, 2.45) is 0 Å². The summed E-state index contributed by atoms with van der Waals surface area (Å²) in [6.45, 7) is 0.202. The zero-order valence-electron chi connectivity index (χ0n) is 13.7. The second kappa shape index (κ2) is 8.05. The average Bonchev–Trinajstić information content (AvgIpc) is 2.59. The molecule has 0 bridgehead atoms. The van der Waals surface area contributed by atoms with E-state index in [4.69, 9.17) is 14.2 Å². The number of hydrogen-bond donors (Lipinski definition) is 2. The minimum atomic E-state index is -0.437. The van der Waals surface area contributed by atoms with E-state index in [1.165, 1.54) is 33.5 Å². The van der Waals surface area contributed by atoms with Crippen LogP contribution in [0.1, 0.15) is 5.56 Å². The zero-order valence-corrected chi connectivity index (χ0v) is 13.7. The van der Waals surface area contributed by atoms with Crippen molar-refractivity contribution in [1.29, 1.82) is 0 Å². The molecule has 2 rings (SSSR count). The van der Waals surface area contributed by atoms with Gasteiger partial charge in [-0.15, -0.1) is 0 Å². The molecule has 2 aromatic rings. The summed E-state index contributed by atoms with van der Waals surface area (Å²) >= 11 is 0. The first kappa shape index (κ1) is 17.4. The number of methoxy groups -OCH3 is 3. The standard InChI is InChI=1S/C17H19FN2O4/c1-22-14-8-13(9-15(23-2)16(14)24-3)20-17(21)19-10-11-5-4-6-12(18)7-11/h4-9H,10H2,1-3H3,(H2,19,20,21). The molecule has 2 N–H and O–H groups in total. The normalized spacial score (nSPS) is 10.0. The summed E-state index contributed by atoms with van der Waals surface area (Å²) < 4.78 is 28.8. The molecular formula is C17H19FN2O4. The van der Waals surface area contributed by atoms with E-state index in [1.807, 2.05) is 0 Å². The number of halogens is 1. The van der Waals surface area contributed by atoms with Crippen molar-refractivity contribution in [1.82, 2.24) is 5.32 Å². The average molecular weight is 334 g/mol. The summed E-state index contributed by atoms with van der Waals surface area (Å²) in [6.07, 6.45) is 0. The van der Waals surface area contributed by atoms with Crippen molar-refractivity contribution in [2.45, 2.75) is 6.54 Å². The molecule has 0 heterocycles. The SMILES string of the molecule is COc1cc(NC(=O)NCc2cccc(F)c2)cc(OC)c1OC. The molecule has 0 aromatic heterocycles. The third-order valence-electron chi connectivity index (χ3n) is 3.26. The van der Waals surface area contributed by atoms with Gasteiger partial charge >= 0.3 is 6.03 Å². The van der Waals surface area contributed by atoms with E-state index >= 15 is 0 Å². The molecule has 0 unspecified atom stereocenters. The molecule has 0 saturated heterocycles. The lowest BCUT2D eigenvalue weighted by atomic mass is 10.2. The Kier molecular flexibility index (Phi) is 5.83. The Balaban J connectivity index is 2.05. The van der Waals surface area contributed by atoms with Gasteiger partial charge in [0, 0.05) is 18.7 Å². The summed E-state index contributed by atoms with van der Waals surface area (Å²) in [5, 5.41) is 5.32. The number of anilines is 1. The fourth-order valence-electron chi connectivity index (χ4n) is 2.16. The molecule has 6 nitrogen and oxygen atoms in total. The highest BCUT2D eigenvalue weighted by Crippen LogP contribution is 2.39. The predicted molar refractivity (Wildman–Crippen MR) is 88.4 cm³/mol. The number of carbonyl (C=O) groups excluding carboxylic acids is 1. The Hall–Kier alpha value is -2.96. The molecule has 2 aromatic carbocycles. The van der Waals surface area contributed by atoms with Crippen LogP contribution in [-0.2, 0) is 6.54 Å². The first-order valence-electron chi connectivity index (χ1n) is 7.16. The number of ether oxygens (including phenoxy) is 3. The van der Waals surface area contributed by atoms with Crippen LogP contribution in [0.3, 0.4) is 0 Å². The first-order valence-corrected chi connectivity index (χ1v) is 7.16. The lowest BCUT2D eigenvalue weighted by molar-refractivity contribution is 0.251. The van der Waals surface area contributed by atoms with Crippen LogP contribution in [-0.4, -0.2) is 27.4 Å². The predicted octanol–water partition coefficient (Wildman–Crippen LogP) is 3.17. The molecule has 0 spiro atoms. The Labute approximate surface area is 139 Å². The van der Waals surface area contributed by atoms with Crippen LogP contribution >= 0.6 is 0 Å². The number of rotatable bonds is 6. The van der Waals surface area contributed by atoms with Crippen LogP contribution in [0.25, 0.3) is 0 Å². The minimum absolute atomic E-state index is 0.202. The number of carbonyl (C=O) groups is 1. The van der Waals surface area contributed by atoms with Gasteiger partial charge in [0.05, 0.1) is 27.0 Å². The summed E-state index contributed by atoms with van der Waals surface area (Å²) in [6, 6.07) is 8.81. The van der Waals surface area contributed by atoms with Gasteiger partial charge in [0.1, 0.15) is 5.82 Å². The monoisotopic (exact) mass is 334 g/mol. The van der Waals surface area contributed by atoms with Crippen LogP contribution in [0, 0.1) is 5.82 Å². The van der Waals surface area contributed by atoms with Crippen LogP contribution in [0.5, 0.6) is 17.2 Å². The number of amides is 2. The van der Waals surface area contributed by atoms with Crippen molar-refractivity contribution >= 4 is 11.7 Å². The molecule has 0 aliphatic rings. The third kappa shape index (κ3) is 4.28. The fourth-order valence-corrected chi connectivity index (χ4v) is 2.16. The molecule has 2 amide bonds. The lowest BCUT2D eigenvalue weighted by Crippen LogP contribution is -2.28. The van der Waals surface area contributed by atoms with Crippen LogP contribution in [0.2, 0.25) is 0 Å². The fraction of sp³-hybridized carbons (Fsp3) is 0.235. The maximum atomic E-state index is 13.1. The maximum Gasteiger partial charge on any atom is 0.319 e. The molecule has 0 aliphatic heterocycles. The van der Waals surface area contributed by atoms with Gasteiger partial charge in [-0.25, -0.2) is 9.18 Å². The van der Waals surface area contributed by atoms with Gasteiger partial charge in [-0.3, -0.25) is 0 Å². The summed E-state index contributed by atoms with van der Waals surface area (Å²) in [5.41, 5.74) is 1.14. The van der Waals surface area contributed by atoms with Crippen LogP contribution in [0.15, 0.2) is 36.4 Å². The molecule has 0 radical (unpaired) electrons. The second-order valence-electron chi connectivity index (χ2n) is 4.85. The van der Waals surface area contributed by atoms with Gasteiger partial charge in [-0.05, 0) is 17.7 Å². The summed E-state index contributed by atoms with van der Waals surface area (Å²) in [7, 11) is 4.48. The van der Waals surface area contributed by atoms with Gasteiger partial charge in [0.2, 0.25) is 5.75 Å². The van der Waals surface area contributed by atoms with Crippen molar-refractivity contribution in [3.63, 3.8) is 0 Å². The van der Waals surface area contributed by atoms with E-state index in [0.29, 0.717) is 28.5 Å². The lowest BCUT2D eigenvalue weighted by Gasteiger charge is -2.15. The first-order chi connectivity index (χ1) is 11.6. The van der Waals surface area contributed by atoms with Gasteiger partial charge in [0.25, 0.3) is 0 Å². The number of urea groups is 1. The molecule has 0 aliphatic carbocycles. The topological polar surface area (TPSA) is 68.8 Å². The van der Waals surface area contributed by atoms with Crippen LogP contribution in [0.4, 0.5) is 14.9 Å². The highest BCUT2D eigenvalue weighted by molar-refractivity contribution is 5.90. The van der Waals surface area contributed by atoms with E-state index in [-0.39, 0.29) is 12.4 Å². The number of nitrogens with one attached hydrogen (secondary N) is 2. The van der Waals surface area contributed by atoms with Gasteiger partial charge in [-0.1, -0.05) is 12.1 Å². The highest BCUT2D eigenvalue weighted by atomic mass is 19.1. The van der Waals surface area contributed by atoms with Crippen molar-refractivity contribution in [3.8, 4) is 17.2 Å². The molecule has 24 heavy (non-hydrogen) atoms. The van der Waals surface area contributed by atoms with E-state index in [9.17, 15) is 9.18 Å². The van der Waals surface area contributed by atoms with E-state index in [2.05, 4.69) is 10.6 Å². The molecule has 0 fully saturated rings. The number of hydrogen-bond acceptors (Lipinski definition) is 4. The second-order valence-corrected chi connectivity index (χ2v) is 4.85. The largest absolute Gasteiger partial charge is 0.493 e. The van der Waals surface area contributed by atoms with Crippen molar-refractivity contribution in [3.05, 3.63) is 47.8 Å². The van der Waals surface area contributed by atoms with Crippen molar-refractivity contribution < 1.29 is 23.4 Å². The molecule has 7 heteroatoms. The smallest absolute Gasteiger partial charge is 0.319 e. The Morgan fingerprint density at radius 3 is 2.25 bits per heavy atom. The van der Waals surface area contributed by atoms with Crippen molar-refractivity contribution in [2.75, 3.05) is 26.6 Å². The Morgan fingerprint density at radius 1 is 1.04 bits per heavy atom. The third-order valence-corrected chi connectivity index (χ3v) is 3.26. The Bertz CT molecular complexity index is 696. The summed E-state index contributed by atoms with van der Waals surface area (Å²) in [4.78, 5) is 12.0. The minimum Gasteiger partial charge on any atom is -0.493 e. The van der Waals surface area contributed by atoms with Gasteiger partial charge in [-0.2, -0.15) is 0 Å². The Morgan fingerprint density at radius 2 is 1.71 bits per heavy atom. The van der Waals surface area contributed by atoms with E-state index in [0.717, 1.165) is 0 Å². The van der Waals surface area contributed by atoms with Gasteiger partial charge < -0.3 is 24.8 Å². The highest BCUT2D eigenvalue weighted by Gasteiger charge is 2.14. The quantitative estimate of drug-likeness (QED) is 0.851. The molecular weight excluding hydrogens is 315 g/mol. The summed E-state index contributed by atoms with van der Waals surface area (Å²) in [5.74, 6) is 0.944. The maximum absolute atomic E-state index is 13.1.